The van der Waals surface area contributed by atoms with Gasteiger partial charge in [-0.3, -0.25) is 14.4 Å². The molecule has 1 spiro atoms. The standard InChI is InChI=1S/C32H45ClN4O7/c33-23-8-4-7-21(15-23)19-44-31(42)36-26(16-20-5-2-1-3-6-20)29(40)35-25(27(38)30(41)34-24-9-10-24)17-22-18-32(37-28(22)39)11-13-43-14-12-32/h4,7-8,15,20,22,24-27,38H,1-3,5-6,9-14,16-19H2,(H,34,41)(H,35,40)(H,36,42)(H,37,39)/t22?,25?,26-,27?/m0/s1. The van der Waals surface area contributed by atoms with Crippen molar-refractivity contribution in [3.8, 4) is 0 Å². The zero-order valence-corrected chi connectivity index (χ0v) is 25.9. The molecule has 242 valence electrons. The van der Waals surface area contributed by atoms with Crippen molar-refractivity contribution in [1.82, 2.24) is 21.3 Å². The molecule has 12 heteroatoms. The fourth-order valence-corrected chi connectivity index (χ4v) is 6.97. The Balaban J connectivity index is 1.27. The van der Waals surface area contributed by atoms with Crippen LogP contribution in [-0.4, -0.2) is 71.9 Å². The highest BCUT2D eigenvalue weighted by Crippen LogP contribution is 2.36. The molecule has 5 rings (SSSR count). The van der Waals surface area contributed by atoms with Crippen LogP contribution in [0.25, 0.3) is 0 Å². The van der Waals surface area contributed by atoms with Crippen LogP contribution < -0.4 is 21.3 Å². The SMILES string of the molecule is O=C(N[C@@H](CC1CCCCC1)C(=O)NC(CC1CC2(CCOCC2)NC1=O)C(O)C(=O)NC1CC1)OCc1cccc(Cl)c1. The molecule has 4 aliphatic rings. The number of benzene rings is 1. The molecule has 0 aromatic heterocycles. The molecule has 3 unspecified atom stereocenters. The van der Waals surface area contributed by atoms with Gasteiger partial charge in [0.05, 0.1) is 6.04 Å². The number of nitrogens with one attached hydrogen (secondary N) is 4. The summed E-state index contributed by atoms with van der Waals surface area (Å²) in [7, 11) is 0. The molecule has 2 saturated heterocycles. The number of carbonyl (C=O) groups excluding carboxylic acids is 4. The van der Waals surface area contributed by atoms with E-state index < -0.39 is 42.0 Å². The first-order chi connectivity index (χ1) is 21.2. The maximum absolute atomic E-state index is 13.8. The monoisotopic (exact) mass is 632 g/mol. The van der Waals surface area contributed by atoms with Gasteiger partial charge in [0.25, 0.3) is 5.91 Å². The quantitative estimate of drug-likeness (QED) is 0.237. The molecular formula is C32H45ClN4O7. The molecule has 2 aliphatic heterocycles. The van der Waals surface area contributed by atoms with Gasteiger partial charge in [-0.2, -0.15) is 0 Å². The Morgan fingerprint density at radius 3 is 2.50 bits per heavy atom. The molecular weight excluding hydrogens is 588 g/mol. The number of rotatable bonds is 12. The summed E-state index contributed by atoms with van der Waals surface area (Å²) in [5.74, 6) is -1.49. The van der Waals surface area contributed by atoms with Crippen LogP contribution in [0.5, 0.6) is 0 Å². The average Bonchev–Trinajstić information content (AvgIpc) is 3.78. The van der Waals surface area contributed by atoms with Gasteiger partial charge in [-0.15, -0.1) is 0 Å². The van der Waals surface area contributed by atoms with Gasteiger partial charge in [0.15, 0.2) is 6.10 Å². The summed E-state index contributed by atoms with van der Waals surface area (Å²) >= 11 is 6.05. The van der Waals surface area contributed by atoms with Crippen LogP contribution in [0, 0.1) is 11.8 Å². The molecule has 1 aromatic rings. The Morgan fingerprint density at radius 2 is 1.80 bits per heavy atom. The zero-order valence-electron chi connectivity index (χ0n) is 25.2. The molecule has 11 nitrogen and oxygen atoms in total. The lowest BCUT2D eigenvalue weighted by Crippen LogP contribution is -2.56. The van der Waals surface area contributed by atoms with E-state index in [1.807, 2.05) is 0 Å². The number of amides is 4. The summed E-state index contributed by atoms with van der Waals surface area (Å²) in [6, 6.07) is 5.03. The normalized spacial score (nSPS) is 23.7. The van der Waals surface area contributed by atoms with E-state index in [9.17, 15) is 24.3 Å². The van der Waals surface area contributed by atoms with Gasteiger partial charge in [0.1, 0.15) is 12.6 Å². The Hall–Kier alpha value is -2.89. The zero-order chi connectivity index (χ0) is 31.1. The van der Waals surface area contributed by atoms with Crippen molar-refractivity contribution in [2.75, 3.05) is 13.2 Å². The van der Waals surface area contributed by atoms with Crippen LogP contribution in [0.4, 0.5) is 4.79 Å². The number of hydrogen-bond acceptors (Lipinski definition) is 7. The van der Waals surface area contributed by atoms with Crippen molar-refractivity contribution < 1.29 is 33.8 Å². The fraction of sp³-hybridized carbons (Fsp3) is 0.688. The van der Waals surface area contributed by atoms with E-state index in [2.05, 4.69) is 21.3 Å². The van der Waals surface area contributed by atoms with Gasteiger partial charge in [0.2, 0.25) is 11.8 Å². The van der Waals surface area contributed by atoms with Crippen LogP contribution >= 0.6 is 11.6 Å². The molecule has 2 aliphatic carbocycles. The number of aliphatic hydroxyl groups excluding tert-OH is 1. The van der Waals surface area contributed by atoms with E-state index in [1.54, 1.807) is 24.3 Å². The predicted molar refractivity (Wildman–Crippen MR) is 163 cm³/mol. The maximum atomic E-state index is 13.8. The minimum absolute atomic E-state index is 0.0174. The van der Waals surface area contributed by atoms with Crippen molar-refractivity contribution in [3.05, 3.63) is 34.9 Å². The van der Waals surface area contributed by atoms with Crippen LogP contribution in [-0.2, 0) is 30.5 Å². The molecule has 5 N–H and O–H groups in total. The van der Waals surface area contributed by atoms with Crippen molar-refractivity contribution in [3.63, 3.8) is 0 Å². The number of halogens is 1. The molecule has 44 heavy (non-hydrogen) atoms. The molecule has 4 amide bonds. The lowest BCUT2D eigenvalue weighted by Gasteiger charge is -2.33. The van der Waals surface area contributed by atoms with Gasteiger partial charge in [-0.05, 0) is 68.6 Å². The molecule has 0 radical (unpaired) electrons. The number of aliphatic hydroxyl groups is 1. The number of ether oxygens (including phenoxy) is 2. The Morgan fingerprint density at radius 1 is 1.05 bits per heavy atom. The maximum Gasteiger partial charge on any atom is 0.408 e. The molecule has 4 atom stereocenters. The second-order valence-electron chi connectivity index (χ2n) is 13.0. The van der Waals surface area contributed by atoms with Crippen LogP contribution in [0.15, 0.2) is 24.3 Å². The van der Waals surface area contributed by atoms with Crippen molar-refractivity contribution in [1.29, 1.82) is 0 Å². The first-order valence-corrected chi connectivity index (χ1v) is 16.4. The highest BCUT2D eigenvalue weighted by molar-refractivity contribution is 6.30. The van der Waals surface area contributed by atoms with E-state index in [0.29, 0.717) is 49.5 Å². The lowest BCUT2D eigenvalue weighted by atomic mass is 9.83. The molecule has 2 heterocycles. The lowest BCUT2D eigenvalue weighted by molar-refractivity contribution is -0.134. The largest absolute Gasteiger partial charge is 0.445 e. The number of alkyl carbamates (subject to hydrolysis) is 1. The Kier molecular flexibility index (Phi) is 11.0. The molecule has 2 saturated carbocycles. The summed E-state index contributed by atoms with van der Waals surface area (Å²) in [4.78, 5) is 52.7. The van der Waals surface area contributed by atoms with Crippen LogP contribution in [0.3, 0.4) is 0 Å². The smallest absolute Gasteiger partial charge is 0.408 e. The predicted octanol–water partition coefficient (Wildman–Crippen LogP) is 3.10. The highest BCUT2D eigenvalue weighted by Gasteiger charge is 2.47. The second kappa shape index (κ2) is 14.9. The van der Waals surface area contributed by atoms with Gasteiger partial charge in [0, 0.05) is 35.7 Å². The first-order valence-electron chi connectivity index (χ1n) is 16.1. The van der Waals surface area contributed by atoms with Crippen molar-refractivity contribution in [2.45, 2.75) is 113 Å². The van der Waals surface area contributed by atoms with Gasteiger partial charge < -0.3 is 35.8 Å². The summed E-state index contributed by atoms with van der Waals surface area (Å²) in [6.45, 7) is 1.10. The van der Waals surface area contributed by atoms with Crippen molar-refractivity contribution in [2.24, 2.45) is 11.8 Å². The topological polar surface area (TPSA) is 155 Å². The first kappa shape index (κ1) is 32.5. The van der Waals surface area contributed by atoms with E-state index in [1.165, 1.54) is 0 Å². The summed E-state index contributed by atoms with van der Waals surface area (Å²) in [6.07, 6.45) is 6.98. The summed E-state index contributed by atoms with van der Waals surface area (Å²) in [5, 5.41) is 23.2. The number of carbonyl (C=O) groups is 4. The summed E-state index contributed by atoms with van der Waals surface area (Å²) in [5.41, 5.74) is 0.344. The highest BCUT2D eigenvalue weighted by atomic mass is 35.5. The molecule has 1 aromatic carbocycles. The molecule has 4 fully saturated rings. The van der Waals surface area contributed by atoms with E-state index >= 15 is 0 Å². The van der Waals surface area contributed by atoms with E-state index in [0.717, 1.165) is 44.9 Å². The summed E-state index contributed by atoms with van der Waals surface area (Å²) < 4.78 is 10.9. The minimum Gasteiger partial charge on any atom is -0.445 e. The average molecular weight is 633 g/mol. The number of hydrogen-bond donors (Lipinski definition) is 5. The van der Waals surface area contributed by atoms with Crippen LogP contribution in [0.2, 0.25) is 5.02 Å². The third kappa shape index (κ3) is 9.08. The molecule has 0 bridgehead atoms. The van der Waals surface area contributed by atoms with Crippen molar-refractivity contribution >= 4 is 35.4 Å². The van der Waals surface area contributed by atoms with E-state index in [4.69, 9.17) is 21.1 Å². The Labute approximate surface area is 263 Å². The van der Waals surface area contributed by atoms with E-state index in [-0.39, 0.29) is 36.4 Å². The third-order valence-electron chi connectivity index (χ3n) is 9.45. The Bertz CT molecular complexity index is 1180. The van der Waals surface area contributed by atoms with Crippen LogP contribution in [0.1, 0.15) is 82.6 Å². The third-order valence-corrected chi connectivity index (χ3v) is 9.68. The van der Waals surface area contributed by atoms with Gasteiger partial charge >= 0.3 is 6.09 Å². The fourth-order valence-electron chi connectivity index (χ4n) is 6.76. The van der Waals surface area contributed by atoms with Gasteiger partial charge in [-0.1, -0.05) is 55.8 Å². The van der Waals surface area contributed by atoms with Gasteiger partial charge in [-0.25, -0.2) is 4.79 Å². The second-order valence-corrected chi connectivity index (χ2v) is 13.4. The minimum atomic E-state index is -1.55.